The Labute approximate surface area is 189 Å². The summed E-state index contributed by atoms with van der Waals surface area (Å²) in [6, 6.07) is 13.6. The van der Waals surface area contributed by atoms with Gasteiger partial charge in [-0.25, -0.2) is 4.99 Å². The molecule has 7 heteroatoms. The largest absolute Gasteiger partial charge is 0.492 e. The van der Waals surface area contributed by atoms with Gasteiger partial charge in [-0.05, 0) is 87.8 Å². The Bertz CT molecular complexity index is 982. The number of likely N-dealkylation sites (tertiary alicyclic amines) is 1. The zero-order valence-corrected chi connectivity index (χ0v) is 18.9. The van der Waals surface area contributed by atoms with Gasteiger partial charge < -0.3 is 15.4 Å². The molecule has 4 rings (SSSR count). The van der Waals surface area contributed by atoms with Gasteiger partial charge in [-0.2, -0.15) is 0 Å². The van der Waals surface area contributed by atoms with Gasteiger partial charge in [-0.1, -0.05) is 11.6 Å². The number of allylic oxidation sites excluding steroid dienone is 1. The molecule has 6 nitrogen and oxygen atoms in total. The third-order valence-corrected chi connectivity index (χ3v) is 6.19. The van der Waals surface area contributed by atoms with Crippen molar-refractivity contribution in [3.05, 3.63) is 70.0 Å². The Balaban J connectivity index is 1.40. The lowest BCUT2D eigenvalue weighted by Gasteiger charge is -2.33. The molecule has 0 spiro atoms. The Morgan fingerprint density at radius 3 is 2.61 bits per heavy atom. The van der Waals surface area contributed by atoms with Crippen molar-refractivity contribution in [2.75, 3.05) is 31.6 Å². The minimum atomic E-state index is -1.06. The third-order valence-electron chi connectivity index (χ3n) is 5.77. The molecule has 0 saturated carbocycles. The lowest BCUT2D eigenvalue weighted by Crippen LogP contribution is -2.51. The van der Waals surface area contributed by atoms with Crippen LogP contribution in [-0.4, -0.2) is 37.4 Å². The molecule has 1 unspecified atom stereocenters. The summed E-state index contributed by atoms with van der Waals surface area (Å²) in [5.74, 6) is 0.593. The van der Waals surface area contributed by atoms with Gasteiger partial charge >= 0.3 is 0 Å². The highest BCUT2D eigenvalue weighted by Gasteiger charge is 2.30. The molecule has 1 atom stereocenters. The van der Waals surface area contributed by atoms with Crippen LogP contribution in [0.15, 0.2) is 58.9 Å². The molecule has 164 valence electrons. The van der Waals surface area contributed by atoms with Crippen LogP contribution in [0.4, 0.5) is 5.69 Å². The van der Waals surface area contributed by atoms with Gasteiger partial charge in [-0.3, -0.25) is 10.6 Å². The van der Waals surface area contributed by atoms with Crippen molar-refractivity contribution < 1.29 is 4.74 Å². The zero-order valence-electron chi connectivity index (χ0n) is 18.1. The molecule has 0 amide bonds. The van der Waals surface area contributed by atoms with E-state index in [0.717, 1.165) is 45.5 Å². The van der Waals surface area contributed by atoms with E-state index in [1.54, 1.807) is 6.21 Å². The molecule has 2 aromatic carbocycles. The van der Waals surface area contributed by atoms with Crippen LogP contribution in [0.1, 0.15) is 30.9 Å². The van der Waals surface area contributed by atoms with Gasteiger partial charge in [0.15, 0.2) is 0 Å². The maximum atomic E-state index is 6.62. The number of anilines is 1. The smallest absolute Gasteiger partial charge is 0.210 e. The molecule has 0 bridgehead atoms. The number of nitrogens with one attached hydrogen (secondary N) is 2. The second-order valence-corrected chi connectivity index (χ2v) is 8.63. The van der Waals surface area contributed by atoms with E-state index in [1.807, 2.05) is 56.3 Å². The molecule has 2 heterocycles. The fraction of sp³-hybridized carbons (Fsp3) is 0.375. The Morgan fingerprint density at radius 2 is 1.90 bits per heavy atom. The molecule has 2 aromatic rings. The van der Waals surface area contributed by atoms with Gasteiger partial charge in [-0.15, -0.1) is 0 Å². The molecular weight excluding hydrogens is 410 g/mol. The van der Waals surface area contributed by atoms with Crippen molar-refractivity contribution in [1.29, 1.82) is 0 Å². The summed E-state index contributed by atoms with van der Waals surface area (Å²) in [6.07, 6.45) is 4.38. The fourth-order valence-corrected chi connectivity index (χ4v) is 3.95. The highest BCUT2D eigenvalue weighted by molar-refractivity contribution is 6.31. The molecule has 1 saturated heterocycles. The standard InChI is InChI=1S/C24H30ClN5O/c1-17-15-20(7-10-22(17)25)28-23-18(2)16-27-24(26,29-23)19-5-8-21(9-6-19)31-14-13-30-11-3-4-12-30/h5-10,15-16,28-29H,3-4,11-14,26H2,1-2H3. The molecule has 0 aliphatic carbocycles. The SMILES string of the molecule is CC1=C(Nc2ccc(Cl)c(C)c2)NC(N)(c2ccc(OCCN3CCCC3)cc2)N=C1. The first-order valence-corrected chi connectivity index (χ1v) is 11.1. The summed E-state index contributed by atoms with van der Waals surface area (Å²) in [5, 5.41) is 7.49. The first-order valence-electron chi connectivity index (χ1n) is 10.7. The summed E-state index contributed by atoms with van der Waals surface area (Å²) < 4.78 is 5.91. The summed E-state index contributed by atoms with van der Waals surface area (Å²) >= 11 is 6.15. The minimum Gasteiger partial charge on any atom is -0.492 e. The number of ether oxygens (including phenoxy) is 1. The molecular formula is C24H30ClN5O. The second-order valence-electron chi connectivity index (χ2n) is 8.22. The van der Waals surface area contributed by atoms with Gasteiger partial charge in [0.2, 0.25) is 5.79 Å². The van der Waals surface area contributed by atoms with Crippen molar-refractivity contribution >= 4 is 23.5 Å². The van der Waals surface area contributed by atoms with Crippen LogP contribution in [0.3, 0.4) is 0 Å². The van der Waals surface area contributed by atoms with E-state index in [-0.39, 0.29) is 0 Å². The predicted molar refractivity (Wildman–Crippen MR) is 128 cm³/mol. The maximum Gasteiger partial charge on any atom is 0.210 e. The van der Waals surface area contributed by atoms with Crippen LogP contribution in [0.25, 0.3) is 0 Å². The molecule has 2 aliphatic rings. The number of aliphatic imine (C=N–C) groups is 1. The number of nitrogens with zero attached hydrogens (tertiary/aromatic N) is 2. The van der Waals surface area contributed by atoms with Crippen LogP contribution in [0.5, 0.6) is 5.75 Å². The maximum absolute atomic E-state index is 6.62. The lowest BCUT2D eigenvalue weighted by atomic mass is 10.1. The summed E-state index contributed by atoms with van der Waals surface area (Å²) in [5.41, 5.74) is 10.4. The third kappa shape index (κ3) is 5.21. The fourth-order valence-electron chi connectivity index (χ4n) is 3.83. The summed E-state index contributed by atoms with van der Waals surface area (Å²) in [7, 11) is 0. The van der Waals surface area contributed by atoms with Crippen molar-refractivity contribution in [3.63, 3.8) is 0 Å². The highest BCUT2D eigenvalue weighted by atomic mass is 35.5. The number of hydrogen-bond acceptors (Lipinski definition) is 6. The van der Waals surface area contributed by atoms with E-state index in [9.17, 15) is 0 Å². The first-order chi connectivity index (χ1) is 14.9. The average molecular weight is 440 g/mol. The van der Waals surface area contributed by atoms with Crippen LogP contribution in [-0.2, 0) is 5.79 Å². The van der Waals surface area contributed by atoms with E-state index in [1.165, 1.54) is 25.9 Å². The van der Waals surface area contributed by atoms with Gasteiger partial charge in [0.25, 0.3) is 0 Å². The van der Waals surface area contributed by atoms with Crippen molar-refractivity contribution in [2.24, 2.45) is 10.7 Å². The van der Waals surface area contributed by atoms with Crippen LogP contribution >= 0.6 is 11.6 Å². The molecule has 31 heavy (non-hydrogen) atoms. The topological polar surface area (TPSA) is 74.9 Å². The molecule has 2 aliphatic heterocycles. The lowest BCUT2D eigenvalue weighted by molar-refractivity contribution is 0.237. The normalized spacial score (nSPS) is 21.3. The van der Waals surface area contributed by atoms with E-state index >= 15 is 0 Å². The minimum absolute atomic E-state index is 0.694. The van der Waals surface area contributed by atoms with E-state index in [0.29, 0.717) is 6.61 Å². The van der Waals surface area contributed by atoms with Crippen LogP contribution in [0, 0.1) is 6.92 Å². The molecule has 0 radical (unpaired) electrons. The van der Waals surface area contributed by atoms with Crippen LogP contribution < -0.4 is 21.1 Å². The molecule has 0 aromatic heterocycles. The van der Waals surface area contributed by atoms with Gasteiger partial charge in [0.05, 0.1) is 0 Å². The van der Waals surface area contributed by atoms with E-state index < -0.39 is 5.79 Å². The predicted octanol–water partition coefficient (Wildman–Crippen LogP) is 4.21. The summed E-state index contributed by atoms with van der Waals surface area (Å²) in [4.78, 5) is 7.00. The van der Waals surface area contributed by atoms with Gasteiger partial charge in [0, 0.05) is 34.6 Å². The number of halogens is 1. The van der Waals surface area contributed by atoms with Crippen molar-refractivity contribution in [3.8, 4) is 5.75 Å². The highest BCUT2D eigenvalue weighted by Crippen LogP contribution is 2.26. The molecule has 1 fully saturated rings. The second kappa shape index (κ2) is 9.30. The number of hydrogen-bond donors (Lipinski definition) is 3. The Hall–Kier alpha value is -2.54. The number of benzene rings is 2. The van der Waals surface area contributed by atoms with Crippen molar-refractivity contribution in [1.82, 2.24) is 10.2 Å². The number of aryl methyl sites for hydroxylation is 1. The average Bonchev–Trinajstić information content (AvgIpc) is 3.28. The van der Waals surface area contributed by atoms with Crippen molar-refractivity contribution in [2.45, 2.75) is 32.5 Å². The number of nitrogens with two attached hydrogens (primary N) is 1. The molecule has 4 N–H and O–H groups in total. The van der Waals surface area contributed by atoms with Gasteiger partial charge in [0.1, 0.15) is 18.2 Å². The zero-order chi connectivity index (χ0) is 21.8. The first kappa shape index (κ1) is 21.7. The van der Waals surface area contributed by atoms with Crippen LogP contribution in [0.2, 0.25) is 5.02 Å². The van der Waals surface area contributed by atoms with E-state index in [2.05, 4.69) is 20.5 Å². The quantitative estimate of drug-likeness (QED) is 0.602. The Kier molecular flexibility index (Phi) is 6.51. The monoisotopic (exact) mass is 439 g/mol. The summed E-state index contributed by atoms with van der Waals surface area (Å²) in [6.45, 7) is 7.99. The van der Waals surface area contributed by atoms with E-state index in [4.69, 9.17) is 22.1 Å². The Morgan fingerprint density at radius 1 is 1.16 bits per heavy atom. The number of rotatable bonds is 7.